The summed E-state index contributed by atoms with van der Waals surface area (Å²) in [6.07, 6.45) is 1.23. The molecule has 0 radical (unpaired) electrons. The second kappa shape index (κ2) is 7.59. The van der Waals surface area contributed by atoms with Gasteiger partial charge in [-0.25, -0.2) is 0 Å². The zero-order chi connectivity index (χ0) is 15.5. The first kappa shape index (κ1) is 17.5. The molecule has 23 heavy (non-hydrogen) atoms. The third-order valence-electron chi connectivity index (χ3n) is 4.06. The van der Waals surface area contributed by atoms with Crippen LogP contribution in [-0.2, 0) is 11.3 Å². The van der Waals surface area contributed by atoms with Crippen molar-refractivity contribution in [2.24, 2.45) is 5.92 Å². The van der Waals surface area contributed by atoms with E-state index < -0.39 is 6.10 Å². The van der Waals surface area contributed by atoms with Crippen LogP contribution in [0.5, 0.6) is 0 Å². The van der Waals surface area contributed by atoms with Crippen molar-refractivity contribution >= 4 is 29.2 Å². The van der Waals surface area contributed by atoms with Gasteiger partial charge in [-0.15, -0.1) is 12.4 Å². The molecule has 1 aliphatic rings. The molecule has 2 aromatic rings. The molecule has 124 valence electrons. The molecule has 2 unspecified atom stereocenters. The van der Waals surface area contributed by atoms with Crippen LogP contribution in [0.3, 0.4) is 0 Å². The number of para-hydroxylation sites is 1. The summed E-state index contributed by atoms with van der Waals surface area (Å²) >= 11 is 0. The summed E-state index contributed by atoms with van der Waals surface area (Å²) in [5.74, 6) is -0.0809. The first-order valence-electron chi connectivity index (χ1n) is 7.39. The average molecular weight is 338 g/mol. The molecule has 1 fully saturated rings. The lowest BCUT2D eigenvalue weighted by atomic mass is 10.1. The largest absolute Gasteiger partial charge is 0.391 e. The molecule has 1 amide bonds. The maximum atomic E-state index is 12.1. The molecule has 0 spiro atoms. The van der Waals surface area contributed by atoms with Crippen LogP contribution in [0.15, 0.2) is 41.3 Å². The number of fused-ring (bicyclic) bond motifs is 1. The van der Waals surface area contributed by atoms with Crippen LogP contribution >= 0.6 is 12.4 Å². The van der Waals surface area contributed by atoms with Crippen molar-refractivity contribution < 1.29 is 9.90 Å². The van der Waals surface area contributed by atoms with Gasteiger partial charge in [-0.3, -0.25) is 9.59 Å². The van der Waals surface area contributed by atoms with E-state index in [9.17, 15) is 14.7 Å². The number of nitrogens with one attached hydrogen (secondary N) is 2. The number of halogens is 1. The van der Waals surface area contributed by atoms with Gasteiger partial charge in [0.05, 0.1) is 11.6 Å². The van der Waals surface area contributed by atoms with Crippen LogP contribution in [0.4, 0.5) is 0 Å². The van der Waals surface area contributed by atoms with E-state index in [0.29, 0.717) is 25.0 Å². The fourth-order valence-electron chi connectivity index (χ4n) is 2.78. The van der Waals surface area contributed by atoms with Crippen molar-refractivity contribution in [2.45, 2.75) is 12.6 Å². The Morgan fingerprint density at radius 1 is 1.30 bits per heavy atom. The highest BCUT2D eigenvalue weighted by Gasteiger charge is 2.24. The van der Waals surface area contributed by atoms with E-state index in [1.807, 2.05) is 18.2 Å². The van der Waals surface area contributed by atoms with Gasteiger partial charge in [-0.2, -0.15) is 0 Å². The summed E-state index contributed by atoms with van der Waals surface area (Å²) in [5.41, 5.74) is 0.695. The quantitative estimate of drug-likeness (QED) is 0.740. The van der Waals surface area contributed by atoms with Gasteiger partial charge < -0.3 is 20.3 Å². The number of hydrogen-bond donors (Lipinski definition) is 3. The lowest BCUT2D eigenvalue weighted by Gasteiger charge is -2.15. The van der Waals surface area contributed by atoms with Gasteiger partial charge in [0.2, 0.25) is 5.91 Å². The lowest BCUT2D eigenvalue weighted by molar-refractivity contribution is -0.121. The van der Waals surface area contributed by atoms with Gasteiger partial charge in [-0.1, -0.05) is 12.1 Å². The number of aromatic nitrogens is 1. The molecule has 2 heterocycles. The van der Waals surface area contributed by atoms with E-state index in [-0.39, 0.29) is 36.2 Å². The predicted molar refractivity (Wildman–Crippen MR) is 90.8 cm³/mol. The second-order valence-electron chi connectivity index (χ2n) is 5.61. The Morgan fingerprint density at radius 3 is 2.83 bits per heavy atom. The van der Waals surface area contributed by atoms with E-state index in [1.54, 1.807) is 16.8 Å². The Hall–Kier alpha value is -1.89. The van der Waals surface area contributed by atoms with Crippen LogP contribution in [0.25, 0.3) is 10.9 Å². The van der Waals surface area contributed by atoms with Crippen LogP contribution < -0.4 is 16.1 Å². The molecule has 1 saturated heterocycles. The minimum atomic E-state index is -0.409. The first-order chi connectivity index (χ1) is 10.6. The van der Waals surface area contributed by atoms with Gasteiger partial charge >= 0.3 is 0 Å². The fourth-order valence-corrected chi connectivity index (χ4v) is 2.78. The molecule has 3 rings (SSSR count). The number of aliphatic hydroxyl groups excluding tert-OH is 1. The Morgan fingerprint density at radius 2 is 2.09 bits per heavy atom. The Kier molecular flexibility index (Phi) is 5.76. The molecule has 2 atom stereocenters. The number of nitrogens with zero attached hydrogens (tertiary/aromatic N) is 1. The maximum Gasteiger partial charge on any atom is 0.239 e. The van der Waals surface area contributed by atoms with Crippen molar-refractivity contribution in [1.82, 2.24) is 15.2 Å². The fraction of sp³-hybridized carbons (Fsp3) is 0.375. The van der Waals surface area contributed by atoms with Gasteiger partial charge in [0.15, 0.2) is 5.43 Å². The van der Waals surface area contributed by atoms with Gasteiger partial charge in [0.1, 0.15) is 6.54 Å². The van der Waals surface area contributed by atoms with Crippen molar-refractivity contribution in [3.8, 4) is 0 Å². The lowest BCUT2D eigenvalue weighted by Crippen LogP contribution is -2.36. The number of hydrogen-bond acceptors (Lipinski definition) is 4. The second-order valence-corrected chi connectivity index (χ2v) is 5.61. The number of β-amino-alcohol motifs (C(OH)–C–C–N with tert-alkyl or cyclic N) is 1. The molecule has 1 aromatic heterocycles. The topological polar surface area (TPSA) is 83.4 Å². The molecule has 1 aliphatic heterocycles. The summed E-state index contributed by atoms with van der Waals surface area (Å²) in [6.45, 7) is 1.88. The highest BCUT2D eigenvalue weighted by atomic mass is 35.5. The molecule has 0 bridgehead atoms. The summed E-state index contributed by atoms with van der Waals surface area (Å²) in [7, 11) is 0. The van der Waals surface area contributed by atoms with Crippen molar-refractivity contribution in [1.29, 1.82) is 0 Å². The van der Waals surface area contributed by atoms with Gasteiger partial charge in [0, 0.05) is 43.2 Å². The smallest absolute Gasteiger partial charge is 0.239 e. The zero-order valence-corrected chi connectivity index (χ0v) is 13.4. The Balaban J connectivity index is 0.00000192. The Bertz CT molecular complexity index is 747. The average Bonchev–Trinajstić information content (AvgIpc) is 2.94. The summed E-state index contributed by atoms with van der Waals surface area (Å²) in [6, 6.07) is 8.71. The predicted octanol–water partition coefficient (Wildman–Crippen LogP) is 0.120. The molecule has 1 aromatic carbocycles. The number of amides is 1. The molecular formula is C16H20ClN3O3. The summed E-state index contributed by atoms with van der Waals surface area (Å²) in [4.78, 5) is 23.9. The molecule has 6 nitrogen and oxygen atoms in total. The molecule has 7 heteroatoms. The summed E-state index contributed by atoms with van der Waals surface area (Å²) in [5, 5.41) is 16.2. The van der Waals surface area contributed by atoms with Crippen LogP contribution in [0.1, 0.15) is 0 Å². The van der Waals surface area contributed by atoms with E-state index in [4.69, 9.17) is 0 Å². The third-order valence-corrected chi connectivity index (χ3v) is 4.06. The third kappa shape index (κ3) is 3.90. The number of benzene rings is 1. The van der Waals surface area contributed by atoms with Crippen LogP contribution in [-0.4, -0.2) is 41.3 Å². The van der Waals surface area contributed by atoms with E-state index >= 15 is 0 Å². The highest BCUT2D eigenvalue weighted by Crippen LogP contribution is 2.10. The zero-order valence-electron chi connectivity index (χ0n) is 12.6. The number of aliphatic hydroxyl groups is 1. The van der Waals surface area contributed by atoms with E-state index in [2.05, 4.69) is 10.6 Å². The van der Waals surface area contributed by atoms with Crippen molar-refractivity contribution in [2.75, 3.05) is 19.6 Å². The minimum Gasteiger partial charge on any atom is -0.391 e. The van der Waals surface area contributed by atoms with Crippen molar-refractivity contribution in [3.05, 3.63) is 46.8 Å². The van der Waals surface area contributed by atoms with Gasteiger partial charge in [-0.05, 0) is 12.1 Å². The normalized spacial score (nSPS) is 20.2. The Labute approximate surface area is 139 Å². The van der Waals surface area contributed by atoms with E-state index in [0.717, 1.165) is 5.52 Å². The molecular weight excluding hydrogens is 318 g/mol. The van der Waals surface area contributed by atoms with E-state index in [1.165, 1.54) is 6.07 Å². The maximum absolute atomic E-state index is 12.1. The van der Waals surface area contributed by atoms with Gasteiger partial charge in [0.25, 0.3) is 0 Å². The monoisotopic (exact) mass is 337 g/mol. The SMILES string of the molecule is Cl.O=C(Cn1ccc(=O)c2ccccc21)NCC1CNCC1O. The van der Waals surface area contributed by atoms with Crippen LogP contribution in [0, 0.1) is 5.92 Å². The molecule has 0 saturated carbocycles. The minimum absolute atomic E-state index is 0. The number of pyridine rings is 1. The van der Waals surface area contributed by atoms with Crippen molar-refractivity contribution in [3.63, 3.8) is 0 Å². The highest BCUT2D eigenvalue weighted by molar-refractivity contribution is 5.85. The summed E-state index contributed by atoms with van der Waals surface area (Å²) < 4.78 is 1.76. The number of rotatable bonds is 4. The molecule has 3 N–H and O–H groups in total. The first-order valence-corrected chi connectivity index (χ1v) is 7.39. The van der Waals surface area contributed by atoms with Crippen LogP contribution in [0.2, 0.25) is 0 Å². The number of carbonyl (C=O) groups is 1. The number of carbonyl (C=O) groups excluding carboxylic acids is 1. The molecule has 0 aliphatic carbocycles. The standard InChI is InChI=1S/C16H19N3O3.ClH/c20-14-5-6-19(13-4-2-1-3-12(13)14)10-16(22)18-8-11-7-17-9-15(11)21;/h1-6,11,15,17,21H,7-10H2,(H,18,22);1H.